The summed E-state index contributed by atoms with van der Waals surface area (Å²) in [6, 6.07) is 4.28. The van der Waals surface area contributed by atoms with Gasteiger partial charge >= 0.3 is 0 Å². The second-order valence-corrected chi connectivity index (χ2v) is 6.12. The molecule has 0 heterocycles. The molecule has 1 aromatic carbocycles. The molecule has 2 heteroatoms. The second kappa shape index (κ2) is 8.98. The van der Waals surface area contributed by atoms with Crippen molar-refractivity contribution in [3.05, 3.63) is 28.8 Å². The minimum Gasteiger partial charge on any atom is -0.507 e. The molecule has 0 saturated carbocycles. The Bertz CT molecular complexity index is 370. The molecule has 2 nitrogen and oxygen atoms in total. The lowest BCUT2D eigenvalue weighted by atomic mass is 9.94. The molecule has 0 aliphatic carbocycles. The fourth-order valence-electron chi connectivity index (χ4n) is 2.12. The maximum absolute atomic E-state index is 10.0. The Morgan fingerprint density at radius 3 is 1.89 bits per heavy atom. The van der Waals surface area contributed by atoms with Gasteiger partial charge in [0.05, 0.1) is 0 Å². The van der Waals surface area contributed by atoms with Crippen LogP contribution in [0.5, 0.6) is 5.75 Å². The van der Waals surface area contributed by atoms with Crippen LogP contribution in [-0.2, 0) is 12.8 Å². The zero-order chi connectivity index (χ0) is 15.0. The first kappa shape index (κ1) is 18.0. The van der Waals surface area contributed by atoms with Gasteiger partial charge in [0.15, 0.2) is 0 Å². The fraction of sp³-hybridized carbons (Fsp3) is 0.647. The van der Waals surface area contributed by atoms with E-state index in [1.807, 2.05) is 21.0 Å². The van der Waals surface area contributed by atoms with Crippen molar-refractivity contribution in [1.29, 1.82) is 0 Å². The molecule has 0 atom stereocenters. The number of rotatable bonds is 4. The number of aryl methyl sites for hydroxylation is 1. The highest BCUT2D eigenvalue weighted by Gasteiger charge is 2.09. The van der Waals surface area contributed by atoms with Crippen LogP contribution in [0.25, 0.3) is 0 Å². The summed E-state index contributed by atoms with van der Waals surface area (Å²) in [7, 11) is 3.75. The summed E-state index contributed by atoms with van der Waals surface area (Å²) < 4.78 is 0. The van der Waals surface area contributed by atoms with Gasteiger partial charge in [-0.15, -0.1) is 0 Å². The van der Waals surface area contributed by atoms with Gasteiger partial charge < -0.3 is 10.4 Å². The van der Waals surface area contributed by atoms with E-state index in [2.05, 4.69) is 45.1 Å². The lowest BCUT2D eigenvalue weighted by Gasteiger charge is -2.13. The molecule has 0 aliphatic heterocycles. The van der Waals surface area contributed by atoms with Gasteiger partial charge in [-0.05, 0) is 62.4 Å². The van der Waals surface area contributed by atoms with E-state index in [-0.39, 0.29) is 0 Å². The van der Waals surface area contributed by atoms with Crippen LogP contribution in [0, 0.1) is 18.8 Å². The first-order valence-corrected chi connectivity index (χ1v) is 7.21. The summed E-state index contributed by atoms with van der Waals surface area (Å²) in [5, 5.41) is 12.8. The van der Waals surface area contributed by atoms with Crippen LogP contribution < -0.4 is 5.32 Å². The van der Waals surface area contributed by atoms with Crippen LogP contribution in [-0.4, -0.2) is 19.2 Å². The van der Waals surface area contributed by atoms with E-state index >= 15 is 0 Å². The standard InChI is InChI=1S/C15H24O.C2H7N/c1-10(2)6-13-8-12(5)15(16)14(9-13)7-11(3)4;1-3-2/h8-11,16H,6-7H2,1-5H3;3H,1-2H3. The van der Waals surface area contributed by atoms with Crippen molar-refractivity contribution in [3.63, 3.8) is 0 Å². The van der Waals surface area contributed by atoms with Crippen LogP contribution in [0.4, 0.5) is 0 Å². The molecule has 19 heavy (non-hydrogen) atoms. The largest absolute Gasteiger partial charge is 0.507 e. The maximum atomic E-state index is 10.0. The average Bonchev–Trinajstić information content (AvgIpc) is 2.24. The van der Waals surface area contributed by atoms with Crippen molar-refractivity contribution < 1.29 is 5.11 Å². The zero-order valence-electron chi connectivity index (χ0n) is 13.7. The number of hydrogen-bond donors (Lipinski definition) is 2. The number of phenolic OH excluding ortho intramolecular Hbond substituents is 1. The predicted molar refractivity (Wildman–Crippen MR) is 84.9 cm³/mol. The highest BCUT2D eigenvalue weighted by molar-refractivity contribution is 5.43. The molecule has 0 unspecified atom stereocenters. The zero-order valence-corrected chi connectivity index (χ0v) is 13.7. The SMILES string of the molecule is CNC.Cc1cc(CC(C)C)cc(CC(C)C)c1O. The quantitative estimate of drug-likeness (QED) is 0.864. The van der Waals surface area contributed by atoms with Gasteiger partial charge in [0.2, 0.25) is 0 Å². The molecule has 0 fully saturated rings. The third-order valence-corrected chi connectivity index (χ3v) is 2.71. The summed E-state index contributed by atoms with van der Waals surface area (Å²) in [6.07, 6.45) is 2.05. The predicted octanol–water partition coefficient (Wildman–Crippen LogP) is 3.93. The first-order valence-electron chi connectivity index (χ1n) is 7.21. The summed E-state index contributed by atoms with van der Waals surface area (Å²) in [5.41, 5.74) is 3.46. The lowest BCUT2D eigenvalue weighted by molar-refractivity contribution is 0.457. The summed E-state index contributed by atoms with van der Waals surface area (Å²) >= 11 is 0. The van der Waals surface area contributed by atoms with Crippen molar-refractivity contribution >= 4 is 0 Å². The molecule has 1 rings (SSSR count). The van der Waals surface area contributed by atoms with Crippen LogP contribution in [0.3, 0.4) is 0 Å². The molecular weight excluding hydrogens is 234 g/mol. The van der Waals surface area contributed by atoms with E-state index in [1.165, 1.54) is 5.56 Å². The van der Waals surface area contributed by atoms with E-state index < -0.39 is 0 Å². The monoisotopic (exact) mass is 265 g/mol. The van der Waals surface area contributed by atoms with Crippen LogP contribution in [0.15, 0.2) is 12.1 Å². The normalized spacial score (nSPS) is 10.6. The Labute approximate surface area is 119 Å². The van der Waals surface area contributed by atoms with Crippen molar-refractivity contribution in [1.82, 2.24) is 5.32 Å². The Hall–Kier alpha value is -1.02. The van der Waals surface area contributed by atoms with Gasteiger partial charge in [0.25, 0.3) is 0 Å². The van der Waals surface area contributed by atoms with Gasteiger partial charge in [-0.3, -0.25) is 0 Å². The Balaban J connectivity index is 0.000000982. The third kappa shape index (κ3) is 7.22. The highest BCUT2D eigenvalue weighted by Crippen LogP contribution is 2.27. The summed E-state index contributed by atoms with van der Waals surface area (Å²) in [6.45, 7) is 10.8. The topological polar surface area (TPSA) is 32.3 Å². The smallest absolute Gasteiger partial charge is 0.121 e. The van der Waals surface area contributed by atoms with Gasteiger partial charge in [0, 0.05) is 0 Å². The highest BCUT2D eigenvalue weighted by atomic mass is 16.3. The van der Waals surface area contributed by atoms with E-state index in [4.69, 9.17) is 0 Å². The molecule has 1 aromatic rings. The molecule has 0 bridgehead atoms. The Kier molecular flexibility index (Phi) is 8.49. The molecule has 0 spiro atoms. The number of benzene rings is 1. The molecule has 0 radical (unpaired) electrons. The average molecular weight is 265 g/mol. The van der Waals surface area contributed by atoms with Gasteiger partial charge in [0.1, 0.15) is 5.75 Å². The molecule has 0 amide bonds. The lowest BCUT2D eigenvalue weighted by Crippen LogP contribution is -2.00. The fourth-order valence-corrected chi connectivity index (χ4v) is 2.12. The second-order valence-electron chi connectivity index (χ2n) is 6.12. The first-order chi connectivity index (χ1) is 8.81. The van der Waals surface area contributed by atoms with E-state index in [1.54, 1.807) is 0 Å². The van der Waals surface area contributed by atoms with E-state index in [9.17, 15) is 5.11 Å². The number of aromatic hydroxyl groups is 1. The molecule has 0 aromatic heterocycles. The van der Waals surface area contributed by atoms with Crippen LogP contribution in [0.1, 0.15) is 44.4 Å². The van der Waals surface area contributed by atoms with E-state index in [0.717, 1.165) is 24.0 Å². The molecule has 0 aliphatic rings. The number of phenols is 1. The van der Waals surface area contributed by atoms with E-state index in [0.29, 0.717) is 17.6 Å². The molecular formula is C17H31NO. The van der Waals surface area contributed by atoms with Gasteiger partial charge in [-0.25, -0.2) is 0 Å². The van der Waals surface area contributed by atoms with Gasteiger partial charge in [-0.1, -0.05) is 39.8 Å². The third-order valence-electron chi connectivity index (χ3n) is 2.71. The van der Waals surface area contributed by atoms with Crippen molar-refractivity contribution in [3.8, 4) is 5.75 Å². The summed E-state index contributed by atoms with van der Waals surface area (Å²) in [5.74, 6) is 1.73. The Morgan fingerprint density at radius 1 is 1.00 bits per heavy atom. The van der Waals surface area contributed by atoms with Crippen molar-refractivity contribution in [2.75, 3.05) is 14.1 Å². The van der Waals surface area contributed by atoms with Crippen molar-refractivity contribution in [2.45, 2.75) is 47.5 Å². The van der Waals surface area contributed by atoms with Crippen LogP contribution >= 0.6 is 0 Å². The van der Waals surface area contributed by atoms with Crippen molar-refractivity contribution in [2.24, 2.45) is 11.8 Å². The molecule has 0 saturated heterocycles. The minimum absolute atomic E-state index is 0.487. The minimum atomic E-state index is 0.487. The number of hydrogen-bond acceptors (Lipinski definition) is 2. The van der Waals surface area contributed by atoms with Crippen LogP contribution in [0.2, 0.25) is 0 Å². The summed E-state index contributed by atoms with van der Waals surface area (Å²) in [4.78, 5) is 0. The van der Waals surface area contributed by atoms with Gasteiger partial charge in [-0.2, -0.15) is 0 Å². The number of nitrogens with one attached hydrogen (secondary N) is 1. The Morgan fingerprint density at radius 2 is 1.47 bits per heavy atom. The molecule has 110 valence electrons. The maximum Gasteiger partial charge on any atom is 0.121 e. The molecule has 2 N–H and O–H groups in total.